The molecule has 1 N–H and O–H groups in total. The number of benzene rings is 1. The van der Waals surface area contributed by atoms with Crippen molar-refractivity contribution in [1.82, 2.24) is 15.2 Å². The molecule has 9 heteroatoms. The minimum Gasteiger partial charge on any atom is -0.486 e. The van der Waals surface area contributed by atoms with Crippen LogP contribution in [0.25, 0.3) is 0 Å². The molecule has 2 aliphatic heterocycles. The molecule has 1 atom stereocenters. The third-order valence-electron chi connectivity index (χ3n) is 5.64. The van der Waals surface area contributed by atoms with Crippen molar-refractivity contribution in [3.63, 3.8) is 0 Å². The second-order valence-electron chi connectivity index (χ2n) is 7.88. The number of likely N-dealkylation sites (tertiary alicyclic amines) is 1. The Hall–Kier alpha value is -2.81. The van der Waals surface area contributed by atoms with Crippen molar-refractivity contribution in [2.75, 3.05) is 32.8 Å². The number of para-hydroxylation sites is 1. The highest BCUT2D eigenvalue weighted by molar-refractivity contribution is 5.93. The van der Waals surface area contributed by atoms with Crippen molar-refractivity contribution in [2.45, 2.75) is 25.1 Å². The summed E-state index contributed by atoms with van der Waals surface area (Å²) in [6.07, 6.45) is -0.00758. The summed E-state index contributed by atoms with van der Waals surface area (Å²) in [5, 5.41) is 2.95. The third-order valence-corrected chi connectivity index (χ3v) is 5.64. The molecular weight excluding hydrogens is 411 g/mol. The van der Waals surface area contributed by atoms with Crippen LogP contribution in [0.1, 0.15) is 28.8 Å². The molecule has 0 aliphatic carbocycles. The monoisotopic (exact) mass is 435 g/mol. The van der Waals surface area contributed by atoms with E-state index in [4.69, 9.17) is 9.47 Å². The van der Waals surface area contributed by atoms with E-state index in [0.29, 0.717) is 24.6 Å². The lowest BCUT2D eigenvalue weighted by Gasteiger charge is -2.36. The maximum atomic E-state index is 13.3. The largest absolute Gasteiger partial charge is 0.486 e. The van der Waals surface area contributed by atoms with Gasteiger partial charge >= 0.3 is 6.18 Å². The number of fused-ring (bicyclic) bond motifs is 1. The smallest absolute Gasteiger partial charge is 0.420 e. The van der Waals surface area contributed by atoms with Gasteiger partial charge in [0.15, 0.2) is 11.5 Å². The summed E-state index contributed by atoms with van der Waals surface area (Å²) in [5.74, 6) is 0.133. The van der Waals surface area contributed by atoms with Crippen LogP contribution in [0.3, 0.4) is 0 Å². The van der Waals surface area contributed by atoms with E-state index in [2.05, 4.69) is 15.2 Å². The molecule has 1 saturated heterocycles. The molecule has 1 aromatic heterocycles. The number of nitrogens with one attached hydrogen (secondary N) is 1. The summed E-state index contributed by atoms with van der Waals surface area (Å²) in [5.41, 5.74) is -0.273. The Labute approximate surface area is 178 Å². The molecule has 2 aliphatic rings. The zero-order valence-electron chi connectivity index (χ0n) is 16.9. The van der Waals surface area contributed by atoms with Gasteiger partial charge in [-0.2, -0.15) is 13.2 Å². The van der Waals surface area contributed by atoms with Crippen LogP contribution < -0.4 is 14.8 Å². The Balaban J connectivity index is 1.25. The van der Waals surface area contributed by atoms with Gasteiger partial charge in [-0.1, -0.05) is 6.07 Å². The summed E-state index contributed by atoms with van der Waals surface area (Å²) in [6.45, 7) is 2.89. The van der Waals surface area contributed by atoms with Crippen LogP contribution in [-0.2, 0) is 6.18 Å². The molecule has 0 bridgehead atoms. The highest BCUT2D eigenvalue weighted by Gasteiger charge is 2.38. The molecule has 31 heavy (non-hydrogen) atoms. The third kappa shape index (κ3) is 5.28. The number of ether oxygens (including phenoxy) is 2. The Morgan fingerprint density at radius 2 is 2.00 bits per heavy atom. The number of hydrogen-bond acceptors (Lipinski definition) is 5. The SMILES string of the molecule is O=C(NCC1CCN(CC2COc3cccc(C(F)(F)F)c3O2)CC1)c1cccnc1. The van der Waals surface area contributed by atoms with Gasteiger partial charge in [-0.15, -0.1) is 0 Å². The van der Waals surface area contributed by atoms with Crippen molar-refractivity contribution < 1.29 is 27.4 Å². The van der Waals surface area contributed by atoms with Crippen LogP contribution >= 0.6 is 0 Å². The average Bonchev–Trinajstić information content (AvgIpc) is 2.78. The van der Waals surface area contributed by atoms with Crippen molar-refractivity contribution in [3.8, 4) is 11.5 Å². The van der Waals surface area contributed by atoms with Gasteiger partial charge in [0.1, 0.15) is 18.3 Å². The number of carbonyl (C=O) groups is 1. The molecular formula is C22H24F3N3O3. The maximum absolute atomic E-state index is 13.3. The van der Waals surface area contributed by atoms with Crippen LogP contribution in [0.15, 0.2) is 42.7 Å². The molecule has 4 rings (SSSR count). The van der Waals surface area contributed by atoms with E-state index in [1.54, 1.807) is 18.3 Å². The maximum Gasteiger partial charge on any atom is 0.420 e. The number of alkyl halides is 3. The highest BCUT2D eigenvalue weighted by Crippen LogP contribution is 2.43. The van der Waals surface area contributed by atoms with Gasteiger partial charge < -0.3 is 14.8 Å². The number of amides is 1. The lowest BCUT2D eigenvalue weighted by molar-refractivity contribution is -0.140. The van der Waals surface area contributed by atoms with Crippen LogP contribution in [0.4, 0.5) is 13.2 Å². The predicted octanol–water partition coefficient (Wildman–Crippen LogP) is 3.38. The van der Waals surface area contributed by atoms with Gasteiger partial charge in [-0.05, 0) is 56.1 Å². The van der Waals surface area contributed by atoms with E-state index in [1.807, 2.05) is 0 Å². The van der Waals surface area contributed by atoms with Crippen LogP contribution in [0.2, 0.25) is 0 Å². The Kier molecular flexibility index (Phi) is 6.31. The number of piperidine rings is 1. The molecule has 1 aromatic carbocycles. The standard InChI is InChI=1S/C22H24F3N3O3/c23-22(24,25)18-4-1-5-19-20(18)31-17(14-30-19)13-28-9-6-15(7-10-28)11-27-21(29)16-3-2-8-26-12-16/h1-5,8,12,15,17H,6-7,9-11,13-14H2,(H,27,29). The van der Waals surface area contributed by atoms with Crippen molar-refractivity contribution >= 4 is 5.91 Å². The molecule has 1 amide bonds. The first-order valence-corrected chi connectivity index (χ1v) is 10.3. The molecule has 166 valence electrons. The topological polar surface area (TPSA) is 63.7 Å². The Morgan fingerprint density at radius 3 is 2.71 bits per heavy atom. The molecule has 0 saturated carbocycles. The first kappa shape index (κ1) is 21.4. The van der Waals surface area contributed by atoms with Gasteiger partial charge in [0.05, 0.1) is 5.56 Å². The fourth-order valence-electron chi connectivity index (χ4n) is 3.94. The van der Waals surface area contributed by atoms with Gasteiger partial charge in [0.2, 0.25) is 0 Å². The molecule has 6 nitrogen and oxygen atoms in total. The number of halogens is 3. The number of carbonyl (C=O) groups excluding carboxylic acids is 1. The normalized spacial score (nSPS) is 19.8. The number of pyridine rings is 1. The molecule has 3 heterocycles. The van der Waals surface area contributed by atoms with Crippen molar-refractivity contribution in [2.24, 2.45) is 5.92 Å². The zero-order valence-corrected chi connectivity index (χ0v) is 16.9. The molecule has 1 fully saturated rings. The summed E-state index contributed by atoms with van der Waals surface area (Å²) < 4.78 is 51.0. The van der Waals surface area contributed by atoms with E-state index >= 15 is 0 Å². The van der Waals surface area contributed by atoms with Crippen LogP contribution in [0, 0.1) is 5.92 Å². The van der Waals surface area contributed by atoms with Gasteiger partial charge in [0, 0.05) is 25.5 Å². The fourth-order valence-corrected chi connectivity index (χ4v) is 3.94. The molecule has 2 aromatic rings. The second-order valence-corrected chi connectivity index (χ2v) is 7.88. The Bertz CT molecular complexity index is 900. The second kappa shape index (κ2) is 9.13. The first-order valence-electron chi connectivity index (χ1n) is 10.3. The number of hydrogen-bond donors (Lipinski definition) is 1. The number of aromatic nitrogens is 1. The van der Waals surface area contributed by atoms with E-state index < -0.39 is 17.8 Å². The van der Waals surface area contributed by atoms with Crippen LogP contribution in [-0.4, -0.2) is 54.7 Å². The molecule has 0 radical (unpaired) electrons. The van der Waals surface area contributed by atoms with Gasteiger partial charge in [-0.3, -0.25) is 14.7 Å². The lowest BCUT2D eigenvalue weighted by Crippen LogP contribution is -2.45. The summed E-state index contributed by atoms with van der Waals surface area (Å²) in [4.78, 5) is 18.3. The van der Waals surface area contributed by atoms with E-state index in [0.717, 1.165) is 32.0 Å². The number of rotatable bonds is 5. The minimum absolute atomic E-state index is 0.133. The zero-order chi connectivity index (χ0) is 21.8. The van der Waals surface area contributed by atoms with Crippen molar-refractivity contribution in [3.05, 3.63) is 53.9 Å². The first-order chi connectivity index (χ1) is 14.9. The quantitative estimate of drug-likeness (QED) is 0.780. The Morgan fingerprint density at radius 1 is 1.19 bits per heavy atom. The summed E-state index contributed by atoms with van der Waals surface area (Å²) >= 11 is 0. The highest BCUT2D eigenvalue weighted by atomic mass is 19.4. The predicted molar refractivity (Wildman–Crippen MR) is 107 cm³/mol. The van der Waals surface area contributed by atoms with Crippen LogP contribution in [0.5, 0.6) is 11.5 Å². The molecule has 1 unspecified atom stereocenters. The van der Waals surface area contributed by atoms with E-state index in [9.17, 15) is 18.0 Å². The average molecular weight is 435 g/mol. The van der Waals surface area contributed by atoms with Gasteiger partial charge in [0.25, 0.3) is 5.91 Å². The van der Waals surface area contributed by atoms with E-state index in [-0.39, 0.29) is 24.0 Å². The van der Waals surface area contributed by atoms with Crippen molar-refractivity contribution in [1.29, 1.82) is 0 Å². The fraction of sp³-hybridized carbons (Fsp3) is 0.455. The van der Waals surface area contributed by atoms with E-state index in [1.165, 1.54) is 18.3 Å². The molecule has 0 spiro atoms. The van der Waals surface area contributed by atoms with Gasteiger partial charge in [-0.25, -0.2) is 0 Å². The summed E-state index contributed by atoms with van der Waals surface area (Å²) in [7, 11) is 0. The minimum atomic E-state index is -4.49. The number of nitrogens with zero attached hydrogens (tertiary/aromatic N) is 2. The lowest BCUT2D eigenvalue weighted by atomic mass is 9.96. The summed E-state index contributed by atoms with van der Waals surface area (Å²) in [6, 6.07) is 7.27.